The number of nitrogens with zero attached hydrogens (tertiary/aromatic N) is 3. The van der Waals surface area contributed by atoms with Gasteiger partial charge in [-0.25, -0.2) is 9.79 Å². The van der Waals surface area contributed by atoms with Crippen molar-refractivity contribution in [2.24, 2.45) is 4.99 Å². The number of aliphatic imine (C=N–C) groups is 1. The van der Waals surface area contributed by atoms with Gasteiger partial charge < -0.3 is 9.80 Å². The van der Waals surface area contributed by atoms with Gasteiger partial charge >= 0.3 is 6.03 Å². The number of likely N-dealkylation sites (N-methyl/N-ethyl adjacent to an activating group) is 1. The van der Waals surface area contributed by atoms with Gasteiger partial charge in [-0.1, -0.05) is 29.8 Å². The Morgan fingerprint density at radius 2 is 2.10 bits per heavy atom. The number of amidine groups is 1. The first kappa shape index (κ1) is 14.3. The van der Waals surface area contributed by atoms with Crippen molar-refractivity contribution in [2.75, 3.05) is 7.05 Å². The fourth-order valence-corrected chi connectivity index (χ4v) is 3.22. The number of nitrogens with one attached hydrogen (secondary N) is 1. The van der Waals surface area contributed by atoms with Gasteiger partial charge in [0.2, 0.25) is 0 Å². The summed E-state index contributed by atoms with van der Waals surface area (Å²) < 4.78 is 0.536. The minimum Gasteiger partial charge on any atom is -0.331 e. The van der Waals surface area contributed by atoms with Crippen molar-refractivity contribution in [3.05, 3.63) is 34.9 Å². The second-order valence-electron chi connectivity index (χ2n) is 4.88. The number of benzene rings is 1. The van der Waals surface area contributed by atoms with Crippen molar-refractivity contribution in [2.45, 2.75) is 18.8 Å². The Kier molecular flexibility index (Phi) is 3.62. The minimum atomic E-state index is -0.557. The van der Waals surface area contributed by atoms with Crippen LogP contribution in [0.4, 0.5) is 4.79 Å². The van der Waals surface area contributed by atoms with Crippen LogP contribution in [0.25, 0.3) is 0 Å². The number of rotatable bonds is 2. The number of imide groups is 1. The van der Waals surface area contributed by atoms with Crippen LogP contribution in [-0.4, -0.2) is 45.7 Å². The summed E-state index contributed by atoms with van der Waals surface area (Å²) in [7, 11) is 1.61. The summed E-state index contributed by atoms with van der Waals surface area (Å²) in [6.07, 6.45) is -0.525. The first-order chi connectivity index (χ1) is 9.99. The fourth-order valence-electron chi connectivity index (χ4n) is 2.47. The van der Waals surface area contributed by atoms with Gasteiger partial charge in [0.15, 0.2) is 17.0 Å². The lowest BCUT2D eigenvalue weighted by Crippen LogP contribution is -2.63. The van der Waals surface area contributed by atoms with E-state index >= 15 is 0 Å². The average molecular weight is 372 g/mol. The number of carbonyl (C=O) groups is 2. The van der Waals surface area contributed by atoms with Crippen molar-refractivity contribution in [3.63, 3.8) is 0 Å². The van der Waals surface area contributed by atoms with Crippen LogP contribution in [0.2, 0.25) is 5.02 Å². The Morgan fingerprint density at radius 3 is 2.81 bits per heavy atom. The molecule has 0 radical (unpaired) electrons. The zero-order chi connectivity index (χ0) is 15.1. The second-order valence-corrected chi connectivity index (χ2v) is 6.00. The topological polar surface area (TPSA) is 65.0 Å². The fraction of sp³-hybridized carbons (Fsp3) is 0.308. The molecule has 3 amide bonds. The largest absolute Gasteiger partial charge is 0.331 e. The zero-order valence-corrected chi connectivity index (χ0v) is 13.4. The SMILES string of the molecule is CN1C(=O)NC(=O)C2C1N=C(Br)N2Cc1ccccc1Cl. The summed E-state index contributed by atoms with van der Waals surface area (Å²) in [5, 5.41) is 2.96. The highest BCUT2D eigenvalue weighted by Gasteiger charge is 2.47. The number of urea groups is 1. The van der Waals surface area contributed by atoms with Gasteiger partial charge in [-0.15, -0.1) is 0 Å². The number of carbonyl (C=O) groups excluding carboxylic acids is 2. The molecule has 2 aliphatic heterocycles. The van der Waals surface area contributed by atoms with E-state index in [0.29, 0.717) is 16.3 Å². The van der Waals surface area contributed by atoms with E-state index in [0.717, 1.165) is 5.56 Å². The third-order valence-corrected chi connectivity index (χ3v) is 4.64. The molecule has 2 unspecified atom stereocenters. The van der Waals surface area contributed by atoms with Crippen LogP contribution in [0.3, 0.4) is 0 Å². The summed E-state index contributed by atoms with van der Waals surface area (Å²) in [5.74, 6) is -0.353. The molecule has 0 bridgehead atoms. The van der Waals surface area contributed by atoms with Gasteiger partial charge in [0.25, 0.3) is 5.91 Å². The number of halogens is 2. The molecule has 1 aromatic carbocycles. The lowest BCUT2D eigenvalue weighted by molar-refractivity contribution is -0.127. The van der Waals surface area contributed by atoms with Gasteiger partial charge in [-0.2, -0.15) is 0 Å². The Morgan fingerprint density at radius 1 is 1.38 bits per heavy atom. The normalized spacial score (nSPS) is 24.8. The monoisotopic (exact) mass is 370 g/mol. The highest BCUT2D eigenvalue weighted by Crippen LogP contribution is 2.29. The van der Waals surface area contributed by atoms with E-state index in [1.54, 1.807) is 18.0 Å². The number of hydrogen-bond donors (Lipinski definition) is 1. The second kappa shape index (κ2) is 5.31. The lowest BCUT2D eigenvalue weighted by atomic mass is 10.1. The number of fused-ring (bicyclic) bond motifs is 1. The quantitative estimate of drug-likeness (QED) is 0.806. The van der Waals surface area contributed by atoms with E-state index in [-0.39, 0.29) is 5.91 Å². The summed E-state index contributed by atoms with van der Waals surface area (Å²) >= 11 is 9.53. The Hall–Kier alpha value is -1.60. The van der Waals surface area contributed by atoms with Gasteiger partial charge in [0.05, 0.1) is 0 Å². The Labute approximate surface area is 134 Å². The van der Waals surface area contributed by atoms with Gasteiger partial charge in [0, 0.05) is 18.6 Å². The van der Waals surface area contributed by atoms with E-state index in [4.69, 9.17) is 11.6 Å². The molecule has 0 saturated carbocycles. The summed E-state index contributed by atoms with van der Waals surface area (Å²) in [6.45, 7) is 0.431. The van der Waals surface area contributed by atoms with Crippen LogP contribution in [0.1, 0.15) is 5.56 Å². The third-order valence-electron chi connectivity index (χ3n) is 3.61. The molecule has 1 fully saturated rings. The Bertz CT molecular complexity index is 651. The van der Waals surface area contributed by atoms with Crippen molar-refractivity contribution in [3.8, 4) is 0 Å². The Balaban J connectivity index is 1.90. The molecule has 0 aliphatic carbocycles. The van der Waals surface area contributed by atoms with Gasteiger partial charge in [0.1, 0.15) is 0 Å². The molecule has 6 nitrogen and oxygen atoms in total. The lowest BCUT2D eigenvalue weighted by Gasteiger charge is -2.36. The van der Waals surface area contributed by atoms with Crippen molar-refractivity contribution in [1.82, 2.24) is 15.1 Å². The molecular formula is C13H12BrClN4O2. The first-order valence-electron chi connectivity index (χ1n) is 6.30. The van der Waals surface area contributed by atoms with Crippen LogP contribution >= 0.6 is 27.5 Å². The maximum atomic E-state index is 12.1. The standard InChI is InChI=1S/C13H12BrClN4O2/c1-18-10-9(11(20)17-13(18)21)19(12(14)16-10)6-7-4-2-3-5-8(7)15/h2-5,9-10H,6H2,1H3,(H,17,20,21). The van der Waals surface area contributed by atoms with Crippen LogP contribution in [0.15, 0.2) is 29.3 Å². The molecule has 0 aromatic heterocycles. The highest BCUT2D eigenvalue weighted by molar-refractivity contribution is 9.18. The molecule has 0 spiro atoms. The van der Waals surface area contributed by atoms with Crippen molar-refractivity contribution >= 4 is 44.2 Å². The molecule has 8 heteroatoms. The van der Waals surface area contributed by atoms with Crippen LogP contribution < -0.4 is 5.32 Å². The molecule has 1 N–H and O–H groups in total. The van der Waals surface area contributed by atoms with E-state index < -0.39 is 18.2 Å². The van der Waals surface area contributed by atoms with E-state index in [9.17, 15) is 9.59 Å². The van der Waals surface area contributed by atoms with Crippen molar-refractivity contribution < 1.29 is 9.59 Å². The molecule has 110 valence electrons. The molecule has 21 heavy (non-hydrogen) atoms. The zero-order valence-electron chi connectivity index (χ0n) is 11.1. The first-order valence-corrected chi connectivity index (χ1v) is 7.47. The van der Waals surface area contributed by atoms with Gasteiger partial charge in [-0.05, 0) is 27.6 Å². The number of hydrogen-bond acceptors (Lipinski definition) is 4. The van der Waals surface area contributed by atoms with E-state index in [1.165, 1.54) is 4.90 Å². The predicted molar refractivity (Wildman–Crippen MR) is 82.2 cm³/mol. The van der Waals surface area contributed by atoms with Crippen LogP contribution in [-0.2, 0) is 11.3 Å². The smallest absolute Gasteiger partial charge is 0.325 e. The summed E-state index contributed by atoms with van der Waals surface area (Å²) in [4.78, 5) is 31.4. The maximum absolute atomic E-state index is 12.1. The number of amides is 3. The molecular weight excluding hydrogens is 360 g/mol. The predicted octanol–water partition coefficient (Wildman–Crippen LogP) is 1.78. The molecule has 2 heterocycles. The minimum absolute atomic E-state index is 0.353. The molecule has 3 rings (SSSR count). The van der Waals surface area contributed by atoms with Crippen LogP contribution in [0, 0.1) is 0 Å². The summed E-state index contributed by atoms with van der Waals surface area (Å²) in [5.41, 5.74) is 0.888. The highest BCUT2D eigenvalue weighted by atomic mass is 79.9. The maximum Gasteiger partial charge on any atom is 0.325 e. The van der Waals surface area contributed by atoms with Gasteiger partial charge in [-0.3, -0.25) is 10.1 Å². The molecule has 1 saturated heterocycles. The molecule has 1 aromatic rings. The average Bonchev–Trinajstić information content (AvgIpc) is 2.77. The van der Waals surface area contributed by atoms with E-state index in [2.05, 4.69) is 26.2 Å². The third kappa shape index (κ3) is 2.40. The molecule has 2 atom stereocenters. The van der Waals surface area contributed by atoms with E-state index in [1.807, 2.05) is 18.2 Å². The molecule has 2 aliphatic rings. The van der Waals surface area contributed by atoms with Crippen molar-refractivity contribution in [1.29, 1.82) is 0 Å². The summed E-state index contributed by atoms with van der Waals surface area (Å²) in [6, 6.07) is 6.43. The van der Waals surface area contributed by atoms with Crippen LogP contribution in [0.5, 0.6) is 0 Å².